The van der Waals surface area contributed by atoms with E-state index < -0.39 is 0 Å². The minimum atomic E-state index is -0.0853. The lowest BCUT2D eigenvalue weighted by Crippen LogP contribution is -2.16. The van der Waals surface area contributed by atoms with Gasteiger partial charge < -0.3 is 18.6 Å². The fourth-order valence-corrected chi connectivity index (χ4v) is 15.4. The molecule has 19 rings (SSSR count). The quantitative estimate of drug-likeness (QED) is 0.115. The summed E-state index contributed by atoms with van der Waals surface area (Å²) in [5, 5.41) is 4.58. The van der Waals surface area contributed by atoms with E-state index in [2.05, 4.69) is 388 Å². The van der Waals surface area contributed by atoms with Crippen molar-refractivity contribution in [3.63, 3.8) is 0 Å². The zero-order valence-corrected chi connectivity index (χ0v) is 58.1. The predicted molar refractivity (Wildman–Crippen MR) is 437 cm³/mol. The molecule has 2 aromatic heterocycles. The van der Waals surface area contributed by atoms with Crippen LogP contribution in [0.15, 0.2) is 391 Å². The van der Waals surface area contributed by atoms with Crippen LogP contribution in [-0.2, 0) is 5.41 Å². The minimum Gasteiger partial charge on any atom is -0.455 e. The van der Waals surface area contributed by atoms with Crippen molar-refractivity contribution in [2.75, 3.05) is 9.80 Å². The van der Waals surface area contributed by atoms with Crippen molar-refractivity contribution in [2.24, 2.45) is 0 Å². The summed E-state index contributed by atoms with van der Waals surface area (Å²) in [4.78, 5) is 4.71. The van der Waals surface area contributed by atoms with E-state index in [1.54, 1.807) is 0 Å². The second-order valence-corrected chi connectivity index (χ2v) is 27.6. The van der Waals surface area contributed by atoms with Crippen LogP contribution >= 0.6 is 0 Å². The van der Waals surface area contributed by atoms with Crippen molar-refractivity contribution < 1.29 is 8.83 Å². The summed E-state index contributed by atoms with van der Waals surface area (Å²) in [5.74, 6) is 0. The van der Waals surface area contributed by atoms with Crippen LogP contribution in [0.3, 0.4) is 0 Å². The molecule has 18 aromatic rings. The monoisotopic (exact) mass is 1330 g/mol. The van der Waals surface area contributed by atoms with Crippen molar-refractivity contribution in [1.29, 1.82) is 0 Å². The van der Waals surface area contributed by atoms with E-state index in [0.29, 0.717) is 0 Å². The minimum absolute atomic E-state index is 0.0853. The summed E-state index contributed by atoms with van der Waals surface area (Å²) in [6.45, 7) is 6.81. The number of anilines is 6. The molecule has 494 valence electrons. The fourth-order valence-electron chi connectivity index (χ4n) is 15.4. The normalized spacial score (nSPS) is 12.1. The lowest BCUT2D eigenvalue weighted by atomic mass is 9.82. The molecule has 0 N–H and O–H groups in total. The highest BCUT2D eigenvalue weighted by atomic mass is 16.3. The Labute approximate surface area is 606 Å². The number of aryl methyl sites for hydroxylation is 1. The van der Waals surface area contributed by atoms with Crippen molar-refractivity contribution in [1.82, 2.24) is 0 Å². The van der Waals surface area contributed by atoms with Gasteiger partial charge in [-0.25, -0.2) is 0 Å². The number of hydrogen-bond acceptors (Lipinski definition) is 4. The zero-order valence-electron chi connectivity index (χ0n) is 58.1. The average Bonchev–Trinajstić information content (AvgIpc) is 1.57. The summed E-state index contributed by atoms with van der Waals surface area (Å²) in [5.41, 5.74) is 33.4. The topological polar surface area (TPSA) is 32.8 Å². The number of rotatable bonds is 13. The zero-order chi connectivity index (χ0) is 69.7. The van der Waals surface area contributed by atoms with Crippen molar-refractivity contribution >= 4 is 78.0 Å². The van der Waals surface area contributed by atoms with Crippen molar-refractivity contribution in [2.45, 2.75) is 26.2 Å². The van der Waals surface area contributed by atoms with Gasteiger partial charge in [0.25, 0.3) is 0 Å². The van der Waals surface area contributed by atoms with E-state index in [9.17, 15) is 0 Å². The molecule has 0 aliphatic heterocycles. The molecule has 0 atom stereocenters. The van der Waals surface area contributed by atoms with Gasteiger partial charge in [-0.1, -0.05) is 317 Å². The van der Waals surface area contributed by atoms with E-state index in [1.165, 1.54) is 77.9 Å². The van der Waals surface area contributed by atoms with Gasteiger partial charge in [-0.2, -0.15) is 0 Å². The van der Waals surface area contributed by atoms with Crippen molar-refractivity contribution in [3.05, 3.63) is 399 Å². The summed E-state index contributed by atoms with van der Waals surface area (Å²) < 4.78 is 12.7. The third kappa shape index (κ3) is 11.8. The summed E-state index contributed by atoms with van der Waals surface area (Å²) >= 11 is 0. The maximum absolute atomic E-state index is 6.39. The van der Waals surface area contributed by atoms with Gasteiger partial charge in [-0.05, 0) is 181 Å². The number of hydrogen-bond donors (Lipinski definition) is 0. The molecular weight excluding hydrogens is 1260 g/mol. The second-order valence-electron chi connectivity index (χ2n) is 27.6. The van der Waals surface area contributed by atoms with E-state index >= 15 is 0 Å². The van der Waals surface area contributed by atoms with E-state index in [4.69, 9.17) is 8.83 Å². The molecule has 0 saturated carbocycles. The highest BCUT2D eigenvalue weighted by Crippen LogP contribution is 2.51. The van der Waals surface area contributed by atoms with Crippen molar-refractivity contribution in [3.8, 4) is 89.0 Å². The first-order valence-corrected chi connectivity index (χ1v) is 35.8. The molecule has 0 radical (unpaired) electrons. The average molecular weight is 1330 g/mol. The van der Waals surface area contributed by atoms with E-state index in [0.717, 1.165) is 106 Å². The first kappa shape index (κ1) is 62.9. The standard InChI is InChI=1S/C54H37NO.C46H35NO/c1-3-10-38(11-4-1)40-18-20-41(21-19-40)44-28-34-48(35-29-44)55(47-32-26-43(27-33-47)39-12-5-2-6-13-39)49-36-30-45(31-37-49)42-22-24-46(25-23-42)50-15-9-16-52-51-14-7-8-17-53(51)56-54(50)52;1-30-15-17-31(18-16-30)32-19-23-34(24-20-32)47(36-27-28-39-38-9-4-6-13-42(38)46(2,3)43(39)29-36)35-25-21-33(22-26-35)37-11-8-12-41-40-10-5-7-14-44(40)48-45(37)41/h1-37H;4-29H,1-3H3. The van der Waals surface area contributed by atoms with Crippen LogP contribution in [0.25, 0.3) is 133 Å². The SMILES string of the molecule is Cc1ccc(-c2ccc(N(c3ccc(-c4cccc5c4oc4ccccc45)cc3)c3ccc4c(c3)C(C)(C)c3ccccc3-4)cc2)cc1.c1ccc(-c2ccc(-c3ccc(N(c4ccc(-c5ccccc5)cc4)c4ccc(-c5ccc(-c6cccc7c6oc6ccccc67)cc5)cc4)cc3)cc2)cc1. The molecule has 0 unspecified atom stereocenters. The molecule has 104 heavy (non-hydrogen) atoms. The highest BCUT2D eigenvalue weighted by Gasteiger charge is 2.36. The number of benzene rings is 16. The molecule has 2 heterocycles. The molecule has 0 saturated heterocycles. The number of para-hydroxylation sites is 4. The van der Waals surface area contributed by atoms with Crippen LogP contribution in [0.2, 0.25) is 0 Å². The summed E-state index contributed by atoms with van der Waals surface area (Å²) in [6, 6.07) is 137. The summed E-state index contributed by atoms with van der Waals surface area (Å²) in [7, 11) is 0. The maximum atomic E-state index is 6.39. The molecule has 0 spiro atoms. The maximum Gasteiger partial charge on any atom is 0.143 e. The third-order valence-corrected chi connectivity index (χ3v) is 20.9. The molecule has 0 fully saturated rings. The highest BCUT2D eigenvalue weighted by molar-refractivity contribution is 6.11. The second kappa shape index (κ2) is 26.7. The molecular formula is C100H72N2O2. The third-order valence-electron chi connectivity index (χ3n) is 20.9. The van der Waals surface area contributed by atoms with Crippen LogP contribution < -0.4 is 9.80 Å². The Kier molecular flexibility index (Phi) is 16.1. The number of nitrogens with zero attached hydrogens (tertiary/aromatic N) is 2. The molecule has 1 aliphatic rings. The van der Waals surface area contributed by atoms with Gasteiger partial charge in [0.15, 0.2) is 0 Å². The van der Waals surface area contributed by atoms with Gasteiger partial charge in [-0.3, -0.25) is 0 Å². The Morgan fingerprint density at radius 2 is 0.490 bits per heavy atom. The van der Waals surface area contributed by atoms with Crippen LogP contribution in [0.5, 0.6) is 0 Å². The largest absolute Gasteiger partial charge is 0.455 e. The fraction of sp³-hybridized carbons (Fsp3) is 0.0400. The number of fused-ring (bicyclic) bond motifs is 9. The Morgan fingerprint density at radius 3 is 0.904 bits per heavy atom. The molecule has 0 amide bonds. The Balaban J connectivity index is 0.000000150. The molecule has 0 bridgehead atoms. The van der Waals surface area contributed by atoms with Gasteiger partial charge in [-0.15, -0.1) is 0 Å². The number of furan rings is 2. The Morgan fingerprint density at radius 1 is 0.212 bits per heavy atom. The van der Waals surface area contributed by atoms with Crippen LogP contribution in [-0.4, -0.2) is 0 Å². The van der Waals surface area contributed by atoms with E-state index in [1.807, 2.05) is 24.3 Å². The van der Waals surface area contributed by atoms with Gasteiger partial charge in [0.2, 0.25) is 0 Å². The molecule has 4 heteroatoms. The predicted octanol–water partition coefficient (Wildman–Crippen LogP) is 28.4. The summed E-state index contributed by atoms with van der Waals surface area (Å²) in [6.07, 6.45) is 0. The van der Waals surface area contributed by atoms with Crippen LogP contribution in [0.4, 0.5) is 34.1 Å². The van der Waals surface area contributed by atoms with Gasteiger partial charge in [0.1, 0.15) is 22.3 Å². The molecule has 4 nitrogen and oxygen atoms in total. The van der Waals surface area contributed by atoms with Crippen LogP contribution in [0.1, 0.15) is 30.5 Å². The molecule has 16 aromatic carbocycles. The molecule has 1 aliphatic carbocycles. The first-order valence-electron chi connectivity index (χ1n) is 35.8. The van der Waals surface area contributed by atoms with E-state index in [-0.39, 0.29) is 5.41 Å². The Hall–Kier alpha value is -13.3. The smallest absolute Gasteiger partial charge is 0.143 e. The van der Waals surface area contributed by atoms with Crippen LogP contribution in [0, 0.1) is 6.92 Å². The Bertz CT molecular complexity index is 6120. The lowest BCUT2D eigenvalue weighted by Gasteiger charge is -2.28. The lowest BCUT2D eigenvalue weighted by molar-refractivity contribution is 0.660. The van der Waals surface area contributed by atoms with Gasteiger partial charge >= 0.3 is 0 Å². The van der Waals surface area contributed by atoms with Gasteiger partial charge in [0.05, 0.1) is 0 Å². The van der Waals surface area contributed by atoms with Gasteiger partial charge in [0, 0.05) is 72.2 Å². The first-order chi connectivity index (χ1) is 51.2.